The predicted octanol–water partition coefficient (Wildman–Crippen LogP) is -10.6. The predicted molar refractivity (Wildman–Crippen MR) is 188 cm³/mol. The second kappa shape index (κ2) is 21.3. The number of hydrogen-bond donors (Lipinski definition) is 16. The Morgan fingerprint density at radius 1 is 0.426 bits per heavy atom. The van der Waals surface area contributed by atoms with Gasteiger partial charge in [0.15, 0.2) is 31.5 Å². The van der Waals surface area contributed by atoms with Gasteiger partial charge in [-0.15, -0.1) is 0 Å². The molecule has 25 atom stereocenters. The highest BCUT2D eigenvalue weighted by Gasteiger charge is 2.57. The van der Waals surface area contributed by atoms with Crippen LogP contribution in [0.3, 0.4) is 0 Å². The van der Waals surface area contributed by atoms with Gasteiger partial charge in [-0.3, -0.25) is 9.59 Å². The van der Waals surface area contributed by atoms with Crippen molar-refractivity contribution in [1.29, 1.82) is 0 Å². The monoisotopic (exact) mass is 894 g/mol. The van der Waals surface area contributed by atoms with Gasteiger partial charge >= 0.3 is 0 Å². The first-order chi connectivity index (χ1) is 28.8. The van der Waals surface area contributed by atoms with Gasteiger partial charge < -0.3 is 125 Å². The van der Waals surface area contributed by atoms with Gasteiger partial charge in [0, 0.05) is 13.8 Å². The van der Waals surface area contributed by atoms with E-state index in [9.17, 15) is 81.1 Å². The number of hydrogen-bond acceptors (Lipinski definition) is 25. The van der Waals surface area contributed by atoms with Crippen LogP contribution in [-0.2, 0) is 52.2 Å². The molecule has 27 nitrogen and oxygen atoms in total. The number of carbonyl (C=O) groups excluding carboxylic acids is 2. The van der Waals surface area contributed by atoms with E-state index < -0.39 is 192 Å². The molecule has 5 aliphatic heterocycles. The van der Waals surface area contributed by atoms with E-state index in [1.165, 1.54) is 6.92 Å². The van der Waals surface area contributed by atoms with Crippen molar-refractivity contribution in [2.45, 2.75) is 174 Å². The van der Waals surface area contributed by atoms with E-state index in [2.05, 4.69) is 10.6 Å². The summed E-state index contributed by atoms with van der Waals surface area (Å²) in [6.45, 7) is -0.260. The summed E-state index contributed by atoms with van der Waals surface area (Å²) < 4.78 is 52.0. The molecule has 0 aromatic heterocycles. The van der Waals surface area contributed by atoms with Crippen LogP contribution in [0.1, 0.15) is 20.8 Å². The van der Waals surface area contributed by atoms with E-state index in [4.69, 9.17) is 42.6 Å². The minimum Gasteiger partial charge on any atom is -0.394 e. The number of amides is 2. The van der Waals surface area contributed by atoms with E-state index in [0.29, 0.717) is 0 Å². The van der Waals surface area contributed by atoms with Gasteiger partial charge in [-0.25, -0.2) is 0 Å². The van der Waals surface area contributed by atoms with Crippen molar-refractivity contribution in [1.82, 2.24) is 10.6 Å². The molecular formula is C34H58N2O25. The van der Waals surface area contributed by atoms with E-state index in [0.717, 1.165) is 13.8 Å². The molecule has 5 aliphatic rings. The molecule has 27 heteroatoms. The van der Waals surface area contributed by atoms with Crippen LogP contribution in [0.5, 0.6) is 0 Å². The SMILES string of the molecule is CC(=O)N[C@@H]1[C@@H](O[C@@H]2O[C@@H](C)[C@@H](O)[C@@H](O)[C@@H]2O)[C@H](O[C@@H]2O[C@H](CO)[C@@H](O[C@@H]3O[C@H](CO)[C@@H](O)[C@H](O)[C@@H]3O[C@H]3O[C@H](CO)[C@@H](O)[C@H](O)[C@@H]3O)[C@H](O)[C@H]2NC(C)=O)[C@@H](CO)O[C@H]1O. The first-order valence-electron chi connectivity index (χ1n) is 19.5. The lowest BCUT2D eigenvalue weighted by atomic mass is 9.93. The molecule has 0 radical (unpaired) electrons. The van der Waals surface area contributed by atoms with Crippen LogP contribution in [0, 0.1) is 0 Å². The molecule has 0 unspecified atom stereocenters. The highest BCUT2D eigenvalue weighted by Crippen LogP contribution is 2.36. The van der Waals surface area contributed by atoms with Crippen LogP contribution in [0.15, 0.2) is 0 Å². The molecule has 5 heterocycles. The first-order valence-corrected chi connectivity index (χ1v) is 19.5. The van der Waals surface area contributed by atoms with Crippen LogP contribution in [0.25, 0.3) is 0 Å². The van der Waals surface area contributed by atoms with E-state index >= 15 is 0 Å². The number of carbonyl (C=O) groups is 2. The minimum atomic E-state index is -2.04. The Bertz CT molecular complexity index is 1420. The molecule has 16 N–H and O–H groups in total. The molecule has 0 aliphatic carbocycles. The summed E-state index contributed by atoms with van der Waals surface area (Å²) in [5, 5.41) is 153. The number of aliphatic hydroxyl groups is 14. The third kappa shape index (κ3) is 10.8. The van der Waals surface area contributed by atoms with Gasteiger partial charge in [-0.05, 0) is 6.92 Å². The maximum Gasteiger partial charge on any atom is 0.217 e. The summed E-state index contributed by atoms with van der Waals surface area (Å²) in [7, 11) is 0. The average molecular weight is 895 g/mol. The fourth-order valence-electron chi connectivity index (χ4n) is 7.76. The Morgan fingerprint density at radius 2 is 0.852 bits per heavy atom. The molecule has 0 aromatic rings. The number of rotatable bonds is 14. The largest absolute Gasteiger partial charge is 0.394 e. The Balaban J connectivity index is 1.45. The van der Waals surface area contributed by atoms with Gasteiger partial charge in [0.2, 0.25) is 11.8 Å². The third-order valence-corrected chi connectivity index (χ3v) is 11.1. The zero-order valence-electron chi connectivity index (χ0n) is 33.0. The summed E-state index contributed by atoms with van der Waals surface area (Å²) in [6.07, 6.45) is -41.1. The Hall–Kier alpha value is -1.98. The summed E-state index contributed by atoms with van der Waals surface area (Å²) in [5.41, 5.74) is 0. The third-order valence-electron chi connectivity index (χ3n) is 11.1. The quantitative estimate of drug-likeness (QED) is 0.0770. The number of nitrogens with one attached hydrogen (secondary N) is 2. The zero-order valence-corrected chi connectivity index (χ0v) is 33.0. The minimum absolute atomic E-state index is 0.739. The fraction of sp³-hybridized carbons (Fsp3) is 0.941. The van der Waals surface area contributed by atoms with Gasteiger partial charge in [0.1, 0.15) is 116 Å². The van der Waals surface area contributed by atoms with Gasteiger partial charge in [-0.2, -0.15) is 0 Å². The zero-order chi connectivity index (χ0) is 45.2. The van der Waals surface area contributed by atoms with Gasteiger partial charge in [-0.1, -0.05) is 0 Å². The standard InChI is InChI=1S/C34H58N2O25/c1-8-17(43)21(47)24(50)32(53-8)60-28-16(36-10(3)42)30(52)54-14(7-40)27(28)59-31-15(35-9(2)41)20(46)26(13(6-39)57-31)58-34-29(23(49)19(45)12(5-38)56-34)61-33-25(51)22(48)18(44)11(4-37)55-33/h8,11-34,37-40,43-52H,4-7H2,1-3H3,(H,35,41)(H,36,42)/t8-,11+,12+,13+,14+,15+,16+,17+,18+,19+,20+,21+,22-,23-,24-,25-,26+,27+,28+,29-,30+,31-,32-,33+,34-/m0/s1. The maximum absolute atomic E-state index is 12.6. The molecule has 61 heavy (non-hydrogen) atoms. The normalized spacial score (nSPS) is 49.6. The second-order valence-corrected chi connectivity index (χ2v) is 15.4. The Kier molecular flexibility index (Phi) is 17.5. The molecule has 2 amide bonds. The fourth-order valence-corrected chi connectivity index (χ4v) is 7.76. The molecule has 0 saturated carbocycles. The van der Waals surface area contributed by atoms with Crippen molar-refractivity contribution in [3.8, 4) is 0 Å². The highest BCUT2D eigenvalue weighted by atomic mass is 16.8. The molecule has 0 bridgehead atoms. The number of aliphatic hydroxyl groups excluding tert-OH is 14. The molecular weight excluding hydrogens is 836 g/mol. The van der Waals surface area contributed by atoms with Crippen LogP contribution in [0.4, 0.5) is 0 Å². The van der Waals surface area contributed by atoms with Crippen LogP contribution >= 0.6 is 0 Å². The summed E-state index contributed by atoms with van der Waals surface area (Å²) in [5.74, 6) is -1.55. The van der Waals surface area contributed by atoms with Crippen LogP contribution in [0.2, 0.25) is 0 Å². The van der Waals surface area contributed by atoms with Crippen molar-refractivity contribution < 1.29 is 124 Å². The van der Waals surface area contributed by atoms with Crippen LogP contribution < -0.4 is 10.6 Å². The van der Waals surface area contributed by atoms with Crippen molar-refractivity contribution in [3.05, 3.63) is 0 Å². The Morgan fingerprint density at radius 3 is 1.41 bits per heavy atom. The molecule has 5 saturated heterocycles. The maximum atomic E-state index is 12.6. The summed E-state index contributed by atoms with van der Waals surface area (Å²) in [6, 6.07) is -3.30. The van der Waals surface area contributed by atoms with Crippen molar-refractivity contribution >= 4 is 11.8 Å². The Labute approximate surface area is 346 Å². The lowest BCUT2D eigenvalue weighted by molar-refractivity contribution is -0.390. The second-order valence-electron chi connectivity index (χ2n) is 15.4. The average Bonchev–Trinajstić information content (AvgIpc) is 3.22. The molecule has 354 valence electrons. The lowest BCUT2D eigenvalue weighted by Gasteiger charge is -2.51. The first kappa shape index (κ1) is 50.0. The molecule has 5 fully saturated rings. The topological polar surface area (TPSA) is 424 Å². The van der Waals surface area contributed by atoms with Crippen molar-refractivity contribution in [2.24, 2.45) is 0 Å². The summed E-state index contributed by atoms with van der Waals surface area (Å²) >= 11 is 0. The van der Waals surface area contributed by atoms with Gasteiger partial charge in [0.25, 0.3) is 0 Å². The van der Waals surface area contributed by atoms with Crippen molar-refractivity contribution in [2.75, 3.05) is 26.4 Å². The van der Waals surface area contributed by atoms with Crippen molar-refractivity contribution in [3.63, 3.8) is 0 Å². The highest BCUT2D eigenvalue weighted by molar-refractivity contribution is 5.73. The van der Waals surface area contributed by atoms with Gasteiger partial charge in [0.05, 0.1) is 32.5 Å². The lowest BCUT2D eigenvalue weighted by Crippen LogP contribution is -2.71. The smallest absolute Gasteiger partial charge is 0.217 e. The van der Waals surface area contributed by atoms with Crippen LogP contribution in [-0.4, -0.2) is 263 Å². The van der Waals surface area contributed by atoms with E-state index in [1.54, 1.807) is 0 Å². The molecule has 0 spiro atoms. The molecule has 5 rings (SSSR count). The summed E-state index contributed by atoms with van der Waals surface area (Å²) in [4.78, 5) is 24.9. The number of ether oxygens (including phenoxy) is 9. The van der Waals surface area contributed by atoms with E-state index in [-0.39, 0.29) is 0 Å². The van der Waals surface area contributed by atoms with E-state index in [1.807, 2.05) is 0 Å². The molecule has 0 aromatic carbocycles.